The van der Waals surface area contributed by atoms with E-state index in [4.69, 9.17) is 0 Å². The fraction of sp³-hybridized carbons (Fsp3) is 0.300. The lowest BCUT2D eigenvalue weighted by Crippen LogP contribution is -2.42. The number of urea groups is 1. The van der Waals surface area contributed by atoms with Crippen LogP contribution in [-0.4, -0.2) is 46.6 Å². The summed E-state index contributed by atoms with van der Waals surface area (Å²) in [6.45, 7) is 1.62. The van der Waals surface area contributed by atoms with Crippen LogP contribution >= 0.6 is 11.3 Å². The SMILES string of the molecule is CCCCN1C(=O)C(=O)N(CC(=O)N[C@@H](c2ccccc2)c2cccs2)C1=O. The number of carbonyl (C=O) groups excluding carboxylic acids is 4. The third-order valence-electron chi connectivity index (χ3n) is 4.44. The van der Waals surface area contributed by atoms with Crippen molar-refractivity contribution in [3.63, 3.8) is 0 Å². The largest absolute Gasteiger partial charge is 0.343 e. The molecule has 5 amide bonds. The minimum Gasteiger partial charge on any atom is -0.343 e. The van der Waals surface area contributed by atoms with Crippen molar-refractivity contribution in [2.45, 2.75) is 25.8 Å². The number of thiophene rings is 1. The molecule has 1 aromatic heterocycles. The van der Waals surface area contributed by atoms with Crippen molar-refractivity contribution in [2.24, 2.45) is 0 Å². The van der Waals surface area contributed by atoms with E-state index in [-0.39, 0.29) is 6.54 Å². The summed E-state index contributed by atoms with van der Waals surface area (Å²) in [7, 11) is 0. The lowest BCUT2D eigenvalue weighted by Gasteiger charge is -2.20. The number of unbranched alkanes of at least 4 members (excludes halogenated alkanes) is 1. The predicted octanol–water partition coefficient (Wildman–Crippen LogP) is 2.54. The maximum Gasteiger partial charge on any atom is 0.334 e. The molecular weight excluding hydrogens is 378 g/mol. The van der Waals surface area contributed by atoms with Gasteiger partial charge in [-0.2, -0.15) is 0 Å². The molecule has 7 nitrogen and oxygen atoms in total. The third kappa shape index (κ3) is 4.12. The number of rotatable bonds is 8. The average Bonchev–Trinajstić information content (AvgIpc) is 3.30. The van der Waals surface area contributed by atoms with Gasteiger partial charge in [-0.3, -0.25) is 19.3 Å². The number of benzene rings is 1. The Morgan fingerprint density at radius 1 is 1.04 bits per heavy atom. The van der Waals surface area contributed by atoms with E-state index in [2.05, 4.69) is 5.32 Å². The minimum absolute atomic E-state index is 0.180. The Kier molecular flexibility index (Phi) is 6.20. The molecule has 1 aliphatic rings. The Hall–Kier alpha value is -3.00. The first-order chi connectivity index (χ1) is 13.5. The van der Waals surface area contributed by atoms with E-state index < -0.39 is 36.3 Å². The molecule has 0 radical (unpaired) electrons. The predicted molar refractivity (Wildman–Crippen MR) is 104 cm³/mol. The van der Waals surface area contributed by atoms with Crippen LogP contribution in [0.2, 0.25) is 0 Å². The highest BCUT2D eigenvalue weighted by Crippen LogP contribution is 2.26. The van der Waals surface area contributed by atoms with Crippen LogP contribution in [0.3, 0.4) is 0 Å². The van der Waals surface area contributed by atoms with E-state index >= 15 is 0 Å². The van der Waals surface area contributed by atoms with Gasteiger partial charge in [0.2, 0.25) is 5.91 Å². The van der Waals surface area contributed by atoms with E-state index in [9.17, 15) is 19.2 Å². The minimum atomic E-state index is -0.955. The topological polar surface area (TPSA) is 86.8 Å². The fourth-order valence-corrected chi connectivity index (χ4v) is 3.78. The molecule has 1 fully saturated rings. The molecule has 146 valence electrons. The summed E-state index contributed by atoms with van der Waals surface area (Å²) in [5, 5.41) is 4.78. The number of carbonyl (C=O) groups is 4. The highest BCUT2D eigenvalue weighted by atomic mass is 32.1. The number of nitrogens with zero attached hydrogens (tertiary/aromatic N) is 2. The van der Waals surface area contributed by atoms with Gasteiger partial charge >= 0.3 is 17.8 Å². The molecule has 8 heteroatoms. The molecule has 2 heterocycles. The van der Waals surface area contributed by atoms with Crippen LogP contribution in [-0.2, 0) is 14.4 Å². The molecule has 0 unspecified atom stereocenters. The number of hydrogen-bond donors (Lipinski definition) is 1. The van der Waals surface area contributed by atoms with Crippen molar-refractivity contribution in [3.8, 4) is 0 Å². The molecule has 0 spiro atoms. The van der Waals surface area contributed by atoms with Gasteiger partial charge in [0, 0.05) is 11.4 Å². The van der Waals surface area contributed by atoms with Crippen LogP contribution in [0.4, 0.5) is 4.79 Å². The Balaban J connectivity index is 1.72. The van der Waals surface area contributed by atoms with Gasteiger partial charge in [-0.15, -0.1) is 11.3 Å². The zero-order chi connectivity index (χ0) is 20.1. The van der Waals surface area contributed by atoms with Gasteiger partial charge in [-0.05, 0) is 23.4 Å². The Labute approximate surface area is 166 Å². The fourth-order valence-electron chi connectivity index (χ4n) is 2.97. The molecule has 1 atom stereocenters. The lowest BCUT2D eigenvalue weighted by atomic mass is 10.1. The monoisotopic (exact) mass is 399 g/mol. The number of amides is 5. The summed E-state index contributed by atoms with van der Waals surface area (Å²) < 4.78 is 0. The van der Waals surface area contributed by atoms with Crippen LogP contribution in [0.1, 0.15) is 36.2 Å². The van der Waals surface area contributed by atoms with E-state index in [0.717, 1.165) is 21.8 Å². The summed E-state index contributed by atoms with van der Waals surface area (Å²) in [5.41, 5.74) is 0.887. The molecule has 3 rings (SSSR count). The summed E-state index contributed by atoms with van der Waals surface area (Å²) in [5.74, 6) is -2.33. The van der Waals surface area contributed by atoms with E-state index in [1.54, 1.807) is 0 Å². The molecule has 1 aliphatic heterocycles. The second-order valence-electron chi connectivity index (χ2n) is 6.41. The van der Waals surface area contributed by atoms with Gasteiger partial charge in [0.1, 0.15) is 6.54 Å². The van der Waals surface area contributed by atoms with Gasteiger partial charge < -0.3 is 5.32 Å². The first-order valence-corrected chi connectivity index (χ1v) is 9.96. The van der Waals surface area contributed by atoms with Crippen LogP contribution < -0.4 is 5.32 Å². The second kappa shape index (κ2) is 8.79. The molecule has 2 aromatic rings. The molecule has 28 heavy (non-hydrogen) atoms. The summed E-state index contributed by atoms with van der Waals surface area (Å²) in [6, 6.07) is 12.1. The number of hydrogen-bond acceptors (Lipinski definition) is 5. The third-order valence-corrected chi connectivity index (χ3v) is 5.38. The zero-order valence-corrected chi connectivity index (χ0v) is 16.3. The Bertz CT molecular complexity index is 867. The number of nitrogens with one attached hydrogen (secondary N) is 1. The van der Waals surface area contributed by atoms with Crippen molar-refractivity contribution in [2.75, 3.05) is 13.1 Å². The first-order valence-electron chi connectivity index (χ1n) is 9.08. The Morgan fingerprint density at radius 2 is 1.75 bits per heavy atom. The van der Waals surface area contributed by atoms with Crippen molar-refractivity contribution < 1.29 is 19.2 Å². The van der Waals surface area contributed by atoms with E-state index in [0.29, 0.717) is 11.3 Å². The van der Waals surface area contributed by atoms with Gasteiger partial charge in [-0.25, -0.2) is 9.69 Å². The van der Waals surface area contributed by atoms with Crippen molar-refractivity contribution in [1.82, 2.24) is 15.1 Å². The molecule has 1 saturated heterocycles. The molecular formula is C20H21N3O4S. The molecule has 0 aliphatic carbocycles. The van der Waals surface area contributed by atoms with Gasteiger partial charge in [-0.1, -0.05) is 49.7 Å². The first kappa shape index (κ1) is 19.8. The molecule has 0 saturated carbocycles. The quantitative estimate of drug-likeness (QED) is 0.546. The zero-order valence-electron chi connectivity index (χ0n) is 15.5. The summed E-state index contributed by atoms with van der Waals surface area (Å²) in [6.07, 6.45) is 1.39. The molecule has 1 aromatic carbocycles. The van der Waals surface area contributed by atoms with Gasteiger partial charge in [0.15, 0.2) is 0 Å². The van der Waals surface area contributed by atoms with Crippen molar-refractivity contribution in [3.05, 3.63) is 58.3 Å². The maximum atomic E-state index is 12.6. The maximum absolute atomic E-state index is 12.6. The van der Waals surface area contributed by atoms with E-state index in [1.165, 1.54) is 11.3 Å². The molecule has 1 N–H and O–H groups in total. The van der Waals surface area contributed by atoms with Gasteiger partial charge in [0.05, 0.1) is 6.04 Å². The summed E-state index contributed by atoms with van der Waals surface area (Å²) >= 11 is 1.50. The second-order valence-corrected chi connectivity index (χ2v) is 7.39. The Morgan fingerprint density at radius 3 is 2.39 bits per heavy atom. The normalized spacial score (nSPS) is 15.2. The van der Waals surface area contributed by atoms with Crippen LogP contribution in [0, 0.1) is 0 Å². The standard InChI is InChI=1S/C20H21N3O4S/c1-2-3-11-22-18(25)19(26)23(20(22)27)13-16(24)21-17(15-10-7-12-28-15)14-8-5-4-6-9-14/h4-10,12,17H,2-3,11,13H2,1H3,(H,21,24)/t17-/m0/s1. The summed E-state index contributed by atoms with van der Waals surface area (Å²) in [4.78, 5) is 51.7. The van der Waals surface area contributed by atoms with Crippen LogP contribution in [0.15, 0.2) is 47.8 Å². The molecule has 0 bridgehead atoms. The van der Waals surface area contributed by atoms with Crippen molar-refractivity contribution >= 4 is 35.1 Å². The van der Waals surface area contributed by atoms with Crippen LogP contribution in [0.5, 0.6) is 0 Å². The van der Waals surface area contributed by atoms with Crippen molar-refractivity contribution in [1.29, 1.82) is 0 Å². The highest BCUT2D eigenvalue weighted by Gasteiger charge is 2.44. The van der Waals surface area contributed by atoms with Gasteiger partial charge in [0.25, 0.3) is 0 Å². The van der Waals surface area contributed by atoms with Crippen LogP contribution in [0.25, 0.3) is 0 Å². The average molecular weight is 399 g/mol. The van der Waals surface area contributed by atoms with E-state index in [1.807, 2.05) is 54.8 Å². The smallest absolute Gasteiger partial charge is 0.334 e. The lowest BCUT2D eigenvalue weighted by molar-refractivity contribution is -0.144. The number of imide groups is 2. The highest BCUT2D eigenvalue weighted by molar-refractivity contribution is 7.10.